The Morgan fingerprint density at radius 1 is 1.29 bits per heavy atom. The average molecular weight is 436 g/mol. The normalized spacial score (nSPS) is 18.6. The monoisotopic (exact) mass is 436 g/mol. The van der Waals surface area contributed by atoms with Gasteiger partial charge in [-0.1, -0.05) is 0 Å². The van der Waals surface area contributed by atoms with E-state index in [0.717, 1.165) is 0 Å². The van der Waals surface area contributed by atoms with Gasteiger partial charge in [0.2, 0.25) is 5.91 Å². The molecule has 0 spiro atoms. The topological polar surface area (TPSA) is 88.0 Å². The fourth-order valence-corrected chi connectivity index (χ4v) is 3.61. The van der Waals surface area contributed by atoms with Crippen LogP contribution in [0.15, 0.2) is 24.8 Å². The third kappa shape index (κ3) is 3.09. The minimum absolute atomic E-state index is 0.0643. The van der Waals surface area contributed by atoms with Gasteiger partial charge in [-0.15, -0.1) is 0 Å². The van der Waals surface area contributed by atoms with E-state index in [1.54, 1.807) is 0 Å². The van der Waals surface area contributed by atoms with E-state index in [9.17, 15) is 26.7 Å². The summed E-state index contributed by atoms with van der Waals surface area (Å²) in [6.07, 6.45) is -0.468. The van der Waals surface area contributed by atoms with Gasteiger partial charge in [-0.3, -0.25) is 14.9 Å². The third-order valence-corrected chi connectivity index (χ3v) is 5.26. The lowest BCUT2D eigenvalue weighted by Gasteiger charge is -2.15. The lowest BCUT2D eigenvalue weighted by molar-refractivity contribution is -0.138. The fraction of sp³-hybridized carbons (Fsp3) is 0.263. The Bertz CT molecular complexity index is 1360. The molecule has 7 nitrogen and oxygen atoms in total. The molecule has 0 saturated heterocycles. The molecule has 1 aliphatic rings. The van der Waals surface area contributed by atoms with Crippen molar-refractivity contribution in [3.8, 4) is 11.3 Å². The Kier molecular flexibility index (Phi) is 4.04. The van der Waals surface area contributed by atoms with Crippen molar-refractivity contribution >= 4 is 28.3 Å². The molecule has 31 heavy (non-hydrogen) atoms. The first-order chi connectivity index (χ1) is 14.6. The maximum Gasteiger partial charge on any atom is 0.421 e. The first-order valence-electron chi connectivity index (χ1n) is 9.17. The van der Waals surface area contributed by atoms with Gasteiger partial charge in [0.05, 0.1) is 35.7 Å². The number of imidazole rings is 1. The average Bonchev–Trinajstić information content (AvgIpc) is 3.07. The number of nitrogens with zero attached hydrogens (tertiary/aromatic N) is 4. The summed E-state index contributed by atoms with van der Waals surface area (Å²) in [6.45, 7) is 1.24. The van der Waals surface area contributed by atoms with Gasteiger partial charge in [0.1, 0.15) is 17.6 Å². The van der Waals surface area contributed by atoms with Gasteiger partial charge in [0.25, 0.3) is 0 Å². The molecule has 1 saturated carbocycles. The molecule has 0 radical (unpaired) electrons. The standard InChI is InChI=1S/C19H13F5N6O/c1-7-14(9-3-26-29-17(9)15(16(7)21)19(22,23)24)11-5-30-6-12(27-13(30)4-25-11)28-18(31)8-2-10(8)20/h3-6,8,10H,2H2,1H3,(H,26,29)(H,28,31). The molecular formula is C19H13F5N6O. The van der Waals surface area contributed by atoms with E-state index in [1.165, 1.54) is 36.1 Å². The van der Waals surface area contributed by atoms with Crippen LogP contribution in [0.4, 0.5) is 27.8 Å². The molecule has 1 aromatic carbocycles. The Morgan fingerprint density at radius 2 is 2.03 bits per heavy atom. The van der Waals surface area contributed by atoms with E-state index in [4.69, 9.17) is 0 Å². The molecule has 2 unspecified atom stereocenters. The van der Waals surface area contributed by atoms with Crippen molar-refractivity contribution in [3.63, 3.8) is 0 Å². The third-order valence-electron chi connectivity index (χ3n) is 5.26. The van der Waals surface area contributed by atoms with Crippen molar-refractivity contribution < 1.29 is 26.7 Å². The Morgan fingerprint density at radius 3 is 2.71 bits per heavy atom. The first-order valence-corrected chi connectivity index (χ1v) is 9.17. The van der Waals surface area contributed by atoms with Crippen molar-refractivity contribution in [2.45, 2.75) is 25.7 Å². The van der Waals surface area contributed by atoms with Crippen LogP contribution in [-0.4, -0.2) is 36.6 Å². The molecular weight excluding hydrogens is 423 g/mol. The summed E-state index contributed by atoms with van der Waals surface area (Å²) >= 11 is 0. The number of nitrogens with one attached hydrogen (secondary N) is 2. The van der Waals surface area contributed by atoms with E-state index in [2.05, 4.69) is 25.5 Å². The van der Waals surface area contributed by atoms with Gasteiger partial charge in [0.15, 0.2) is 11.5 Å². The number of aromatic nitrogens is 5. The van der Waals surface area contributed by atoms with E-state index >= 15 is 0 Å². The molecule has 3 aromatic heterocycles. The number of alkyl halides is 4. The van der Waals surface area contributed by atoms with Crippen LogP contribution < -0.4 is 5.32 Å². The first kappa shape index (κ1) is 19.4. The van der Waals surface area contributed by atoms with Crippen LogP contribution in [0.5, 0.6) is 0 Å². The van der Waals surface area contributed by atoms with Crippen LogP contribution in [0.3, 0.4) is 0 Å². The van der Waals surface area contributed by atoms with Gasteiger partial charge >= 0.3 is 6.18 Å². The molecule has 2 N–H and O–H groups in total. The number of H-pyrrole nitrogens is 1. The minimum atomic E-state index is -4.91. The van der Waals surface area contributed by atoms with E-state index < -0.39 is 41.1 Å². The minimum Gasteiger partial charge on any atom is -0.309 e. The highest BCUT2D eigenvalue weighted by molar-refractivity contribution is 5.97. The smallest absolute Gasteiger partial charge is 0.309 e. The number of aromatic amines is 1. The van der Waals surface area contributed by atoms with Crippen molar-refractivity contribution in [2.24, 2.45) is 5.92 Å². The van der Waals surface area contributed by atoms with Gasteiger partial charge < -0.3 is 9.72 Å². The SMILES string of the molecule is Cc1c(F)c(C(F)(F)F)c2[nH]ncc2c1-c1cn2cc(NC(=O)C3CC3F)nc2cn1. The molecule has 4 aromatic rings. The van der Waals surface area contributed by atoms with E-state index in [-0.39, 0.29) is 34.4 Å². The number of carbonyl (C=O) groups excluding carboxylic acids is 1. The van der Waals surface area contributed by atoms with Crippen LogP contribution >= 0.6 is 0 Å². The molecule has 12 heteroatoms. The number of rotatable bonds is 3. The molecule has 1 fully saturated rings. The summed E-state index contributed by atoms with van der Waals surface area (Å²) in [5, 5.41) is 8.45. The predicted molar refractivity (Wildman–Crippen MR) is 99.4 cm³/mol. The lowest BCUT2D eigenvalue weighted by atomic mass is 9.96. The van der Waals surface area contributed by atoms with E-state index in [1.807, 2.05) is 0 Å². The highest BCUT2D eigenvalue weighted by Crippen LogP contribution is 2.42. The lowest BCUT2D eigenvalue weighted by Crippen LogP contribution is -2.15. The largest absolute Gasteiger partial charge is 0.421 e. The maximum atomic E-state index is 14.7. The Balaban J connectivity index is 1.60. The maximum absolute atomic E-state index is 14.7. The number of benzene rings is 1. The summed E-state index contributed by atoms with van der Waals surface area (Å²) in [6, 6.07) is 0. The van der Waals surface area contributed by atoms with Crippen molar-refractivity contribution in [2.75, 3.05) is 5.32 Å². The number of anilines is 1. The highest BCUT2D eigenvalue weighted by Gasteiger charge is 2.44. The molecule has 0 bridgehead atoms. The molecule has 0 aliphatic heterocycles. The summed E-state index contributed by atoms with van der Waals surface area (Å²) in [5.41, 5.74) is -1.46. The predicted octanol–water partition coefficient (Wildman–Crippen LogP) is 4.04. The zero-order valence-corrected chi connectivity index (χ0v) is 15.8. The zero-order valence-electron chi connectivity index (χ0n) is 15.8. The zero-order chi connectivity index (χ0) is 22.1. The summed E-state index contributed by atoms with van der Waals surface area (Å²) in [5.74, 6) is -2.41. The highest BCUT2D eigenvalue weighted by atomic mass is 19.4. The Hall–Kier alpha value is -3.57. The van der Waals surface area contributed by atoms with Gasteiger partial charge in [-0.25, -0.2) is 13.8 Å². The van der Waals surface area contributed by atoms with Crippen LogP contribution in [0.25, 0.3) is 27.8 Å². The number of amides is 1. The number of carbonyl (C=O) groups is 1. The van der Waals surface area contributed by atoms with Crippen molar-refractivity contribution in [1.82, 2.24) is 24.6 Å². The molecule has 160 valence electrons. The van der Waals surface area contributed by atoms with Crippen LogP contribution in [0, 0.1) is 18.7 Å². The van der Waals surface area contributed by atoms with Crippen molar-refractivity contribution in [1.29, 1.82) is 0 Å². The van der Waals surface area contributed by atoms with Crippen LogP contribution in [-0.2, 0) is 11.0 Å². The number of halogens is 5. The summed E-state index contributed by atoms with van der Waals surface area (Å²) < 4.78 is 69.5. The summed E-state index contributed by atoms with van der Waals surface area (Å²) in [7, 11) is 0. The number of fused-ring (bicyclic) bond motifs is 2. The molecule has 2 atom stereocenters. The molecule has 1 amide bonds. The van der Waals surface area contributed by atoms with Gasteiger partial charge in [-0.2, -0.15) is 18.3 Å². The van der Waals surface area contributed by atoms with Crippen molar-refractivity contribution in [3.05, 3.63) is 41.7 Å². The number of hydrogen-bond acceptors (Lipinski definition) is 4. The second-order valence-electron chi connectivity index (χ2n) is 7.36. The fourth-order valence-electron chi connectivity index (χ4n) is 3.61. The Labute approximate surface area is 170 Å². The second-order valence-corrected chi connectivity index (χ2v) is 7.36. The molecule has 3 heterocycles. The summed E-state index contributed by atoms with van der Waals surface area (Å²) in [4.78, 5) is 20.3. The van der Waals surface area contributed by atoms with Gasteiger partial charge in [0, 0.05) is 17.1 Å². The van der Waals surface area contributed by atoms with E-state index in [0.29, 0.717) is 5.65 Å². The molecule has 1 aliphatic carbocycles. The second kappa shape index (κ2) is 6.46. The quantitative estimate of drug-likeness (QED) is 0.475. The number of hydrogen-bond donors (Lipinski definition) is 2. The molecule has 5 rings (SSSR count). The van der Waals surface area contributed by atoms with Gasteiger partial charge in [-0.05, 0) is 18.9 Å². The van der Waals surface area contributed by atoms with Crippen LogP contribution in [0.2, 0.25) is 0 Å². The van der Waals surface area contributed by atoms with Crippen LogP contribution in [0.1, 0.15) is 17.5 Å².